The van der Waals surface area contributed by atoms with Crippen LogP contribution in [-0.4, -0.2) is 15.6 Å². The van der Waals surface area contributed by atoms with Gasteiger partial charge in [-0.05, 0) is 24.6 Å². The van der Waals surface area contributed by atoms with E-state index in [-0.39, 0.29) is 5.78 Å². The molecule has 0 aliphatic rings. The van der Waals surface area contributed by atoms with E-state index in [0.717, 1.165) is 15.7 Å². The minimum Gasteiger partial charge on any atom is -0.294 e. The minimum absolute atomic E-state index is 0.105. The van der Waals surface area contributed by atoms with Crippen molar-refractivity contribution in [3.63, 3.8) is 0 Å². The summed E-state index contributed by atoms with van der Waals surface area (Å²) in [6.45, 7) is 1.90. The summed E-state index contributed by atoms with van der Waals surface area (Å²) < 4.78 is 2.71. The summed E-state index contributed by atoms with van der Waals surface area (Å²) in [7, 11) is 1.84. The first-order chi connectivity index (χ1) is 8.08. The third kappa shape index (κ3) is 2.64. The molecule has 0 amide bonds. The lowest BCUT2D eigenvalue weighted by molar-refractivity contribution is 0.0992. The maximum atomic E-state index is 12.1. The second-order valence-electron chi connectivity index (χ2n) is 4.00. The summed E-state index contributed by atoms with van der Waals surface area (Å²) >= 11 is 3.40. The molecule has 0 saturated carbocycles. The van der Waals surface area contributed by atoms with Crippen molar-refractivity contribution in [2.45, 2.75) is 13.3 Å². The van der Waals surface area contributed by atoms with Gasteiger partial charge in [0.05, 0.1) is 11.8 Å². The zero-order valence-electron chi connectivity index (χ0n) is 9.77. The van der Waals surface area contributed by atoms with Gasteiger partial charge in [0.25, 0.3) is 0 Å². The molecular weight excluding hydrogens is 280 g/mol. The summed E-state index contributed by atoms with van der Waals surface area (Å²) in [5.74, 6) is 0.105. The van der Waals surface area contributed by atoms with Crippen LogP contribution in [0.3, 0.4) is 0 Å². The fourth-order valence-corrected chi connectivity index (χ4v) is 2.15. The fourth-order valence-electron chi connectivity index (χ4n) is 1.70. The number of hydrogen-bond donors (Lipinski definition) is 0. The average Bonchev–Trinajstić information content (AvgIpc) is 2.60. The Morgan fingerprint density at radius 3 is 2.82 bits per heavy atom. The molecule has 2 aromatic rings. The highest BCUT2D eigenvalue weighted by molar-refractivity contribution is 9.10. The minimum atomic E-state index is 0.105. The van der Waals surface area contributed by atoms with Gasteiger partial charge in [-0.25, -0.2) is 0 Å². The van der Waals surface area contributed by atoms with Crippen LogP contribution in [0.15, 0.2) is 34.9 Å². The largest absolute Gasteiger partial charge is 0.294 e. The van der Waals surface area contributed by atoms with Crippen molar-refractivity contribution < 1.29 is 4.79 Å². The van der Waals surface area contributed by atoms with Crippen molar-refractivity contribution in [3.8, 4) is 0 Å². The van der Waals surface area contributed by atoms with Crippen molar-refractivity contribution in [1.82, 2.24) is 9.78 Å². The van der Waals surface area contributed by atoms with Crippen LogP contribution in [-0.2, 0) is 13.5 Å². The van der Waals surface area contributed by atoms with Gasteiger partial charge >= 0.3 is 0 Å². The van der Waals surface area contributed by atoms with Gasteiger partial charge in [-0.2, -0.15) is 5.10 Å². The topological polar surface area (TPSA) is 34.9 Å². The van der Waals surface area contributed by atoms with E-state index in [2.05, 4.69) is 21.0 Å². The molecular formula is C13H13BrN2O. The number of ketones is 1. The number of benzene rings is 1. The van der Waals surface area contributed by atoms with Gasteiger partial charge in [0.2, 0.25) is 0 Å². The average molecular weight is 293 g/mol. The molecule has 0 radical (unpaired) electrons. The number of hydrogen-bond acceptors (Lipinski definition) is 2. The fraction of sp³-hybridized carbons (Fsp3) is 0.231. The molecule has 0 saturated heterocycles. The van der Waals surface area contributed by atoms with Crippen LogP contribution in [0, 0.1) is 6.92 Å². The van der Waals surface area contributed by atoms with Crippen LogP contribution < -0.4 is 0 Å². The van der Waals surface area contributed by atoms with Crippen LogP contribution in [0.4, 0.5) is 0 Å². The molecule has 0 fully saturated rings. The maximum absolute atomic E-state index is 12.1. The second-order valence-corrected chi connectivity index (χ2v) is 4.91. The monoisotopic (exact) mass is 292 g/mol. The highest BCUT2D eigenvalue weighted by atomic mass is 79.9. The highest BCUT2D eigenvalue weighted by Crippen LogP contribution is 2.15. The Morgan fingerprint density at radius 1 is 1.47 bits per heavy atom. The molecule has 3 nitrogen and oxygen atoms in total. The number of aryl methyl sites for hydroxylation is 1. The normalized spacial score (nSPS) is 10.5. The summed E-state index contributed by atoms with van der Waals surface area (Å²) in [5, 5.41) is 4.08. The van der Waals surface area contributed by atoms with Crippen molar-refractivity contribution in [3.05, 3.63) is 51.8 Å². The molecule has 88 valence electrons. The summed E-state index contributed by atoms with van der Waals surface area (Å²) in [6.07, 6.45) is 2.04. The van der Waals surface area contributed by atoms with Gasteiger partial charge in [-0.1, -0.05) is 28.1 Å². The number of aromatic nitrogens is 2. The number of carbonyl (C=O) groups excluding carboxylic acids is 1. The molecule has 2 rings (SSSR count). The summed E-state index contributed by atoms with van der Waals surface area (Å²) in [6, 6.07) is 7.80. The molecule has 1 aromatic heterocycles. The molecule has 1 heterocycles. The Balaban J connectivity index is 2.20. The van der Waals surface area contributed by atoms with Crippen LogP contribution in [0.25, 0.3) is 0 Å². The van der Waals surface area contributed by atoms with E-state index in [1.807, 2.05) is 38.2 Å². The van der Waals surface area contributed by atoms with Gasteiger partial charge in [0.15, 0.2) is 5.78 Å². The van der Waals surface area contributed by atoms with Crippen LogP contribution in [0.5, 0.6) is 0 Å². The lowest BCUT2D eigenvalue weighted by Crippen LogP contribution is -2.05. The maximum Gasteiger partial charge on any atom is 0.170 e. The van der Waals surface area contributed by atoms with E-state index in [4.69, 9.17) is 0 Å². The van der Waals surface area contributed by atoms with E-state index in [9.17, 15) is 4.79 Å². The molecule has 4 heteroatoms. The Bertz CT molecular complexity index is 560. The third-order valence-electron chi connectivity index (χ3n) is 2.79. The first kappa shape index (κ1) is 12.0. The number of carbonyl (C=O) groups is 1. The van der Waals surface area contributed by atoms with Gasteiger partial charge in [0.1, 0.15) is 0 Å². The van der Waals surface area contributed by atoms with Crippen LogP contribution in [0.1, 0.15) is 21.6 Å². The van der Waals surface area contributed by atoms with Gasteiger partial charge in [-0.15, -0.1) is 0 Å². The van der Waals surface area contributed by atoms with Crippen molar-refractivity contribution in [1.29, 1.82) is 0 Å². The highest BCUT2D eigenvalue weighted by Gasteiger charge is 2.13. The first-order valence-electron chi connectivity index (χ1n) is 5.34. The predicted octanol–water partition coefficient (Wildman–Crippen LogP) is 2.92. The number of nitrogens with zero attached hydrogens (tertiary/aromatic N) is 2. The second kappa shape index (κ2) is 4.84. The lowest BCUT2D eigenvalue weighted by Gasteiger charge is -2.02. The predicted molar refractivity (Wildman–Crippen MR) is 70.1 cm³/mol. The van der Waals surface area contributed by atoms with E-state index in [1.54, 1.807) is 10.9 Å². The molecule has 0 unspecified atom stereocenters. The van der Waals surface area contributed by atoms with E-state index in [0.29, 0.717) is 12.0 Å². The van der Waals surface area contributed by atoms with E-state index < -0.39 is 0 Å². The standard InChI is InChI=1S/C13H13BrN2O/c1-9-12(8-15-16(9)2)13(17)7-10-4-3-5-11(14)6-10/h3-6,8H,7H2,1-2H3. The molecule has 0 atom stereocenters. The molecule has 0 spiro atoms. The Hall–Kier alpha value is -1.42. The van der Waals surface area contributed by atoms with Gasteiger partial charge < -0.3 is 0 Å². The summed E-state index contributed by atoms with van der Waals surface area (Å²) in [4.78, 5) is 12.1. The van der Waals surface area contributed by atoms with E-state index >= 15 is 0 Å². The zero-order valence-corrected chi connectivity index (χ0v) is 11.4. The first-order valence-corrected chi connectivity index (χ1v) is 6.13. The Morgan fingerprint density at radius 2 is 2.24 bits per heavy atom. The van der Waals surface area contributed by atoms with Crippen LogP contribution >= 0.6 is 15.9 Å². The molecule has 0 N–H and O–H groups in total. The number of halogens is 1. The van der Waals surface area contributed by atoms with Gasteiger partial charge in [0, 0.05) is 23.6 Å². The molecule has 0 aliphatic carbocycles. The van der Waals surface area contributed by atoms with E-state index in [1.165, 1.54) is 0 Å². The van der Waals surface area contributed by atoms with Crippen molar-refractivity contribution >= 4 is 21.7 Å². The molecule has 0 bridgehead atoms. The molecule has 17 heavy (non-hydrogen) atoms. The summed E-state index contributed by atoms with van der Waals surface area (Å²) in [5.41, 5.74) is 2.62. The Kier molecular flexibility index (Phi) is 3.43. The third-order valence-corrected chi connectivity index (χ3v) is 3.28. The zero-order chi connectivity index (χ0) is 12.4. The number of rotatable bonds is 3. The molecule has 0 aliphatic heterocycles. The van der Waals surface area contributed by atoms with Crippen molar-refractivity contribution in [2.75, 3.05) is 0 Å². The van der Waals surface area contributed by atoms with Gasteiger partial charge in [-0.3, -0.25) is 9.48 Å². The quantitative estimate of drug-likeness (QED) is 0.816. The lowest BCUT2D eigenvalue weighted by atomic mass is 10.0. The molecule has 1 aromatic carbocycles. The van der Waals surface area contributed by atoms with Crippen LogP contribution in [0.2, 0.25) is 0 Å². The van der Waals surface area contributed by atoms with Crippen molar-refractivity contribution in [2.24, 2.45) is 7.05 Å². The number of Topliss-reactive ketones (excluding diaryl/α,β-unsaturated/α-hetero) is 1. The SMILES string of the molecule is Cc1c(C(=O)Cc2cccc(Br)c2)cnn1C. The Labute approximate surface area is 109 Å². The smallest absolute Gasteiger partial charge is 0.170 e.